The van der Waals surface area contributed by atoms with Crippen molar-refractivity contribution in [3.05, 3.63) is 351 Å². The van der Waals surface area contributed by atoms with Crippen LogP contribution in [0.15, 0.2) is 340 Å². The highest BCUT2D eigenvalue weighted by molar-refractivity contribution is 6.24. The average molecular weight is 1120 g/mol. The van der Waals surface area contributed by atoms with Crippen molar-refractivity contribution in [3.8, 4) is 56.3 Å². The lowest BCUT2D eigenvalue weighted by Gasteiger charge is -2.28. The Morgan fingerprint density at radius 1 is 0.159 bits per heavy atom. The molecular formula is C86H56N2. The van der Waals surface area contributed by atoms with Gasteiger partial charge in [-0.3, -0.25) is 0 Å². The van der Waals surface area contributed by atoms with Crippen molar-refractivity contribution in [1.29, 1.82) is 0 Å². The molecule has 0 saturated carbocycles. The van der Waals surface area contributed by atoms with E-state index in [0.29, 0.717) is 0 Å². The van der Waals surface area contributed by atoms with Crippen molar-refractivity contribution in [2.24, 2.45) is 0 Å². The zero-order valence-corrected chi connectivity index (χ0v) is 48.2. The largest absolute Gasteiger partial charge is 0.310 e. The molecule has 0 aliphatic rings. The second kappa shape index (κ2) is 22.3. The minimum absolute atomic E-state index is 0.988. The molecule has 0 atom stereocenters. The van der Waals surface area contributed by atoms with Gasteiger partial charge in [-0.2, -0.15) is 0 Å². The van der Waals surface area contributed by atoms with Gasteiger partial charge in [-0.05, 0) is 171 Å². The maximum Gasteiger partial charge on any atom is 0.0546 e. The highest BCUT2D eigenvalue weighted by Crippen LogP contribution is 2.47. The summed E-state index contributed by atoms with van der Waals surface area (Å²) >= 11 is 0. The monoisotopic (exact) mass is 1120 g/mol. The van der Waals surface area contributed by atoms with E-state index < -0.39 is 0 Å². The van der Waals surface area contributed by atoms with Crippen molar-refractivity contribution >= 4 is 98.8 Å². The van der Waals surface area contributed by atoms with Crippen LogP contribution in [-0.2, 0) is 0 Å². The molecule has 0 N–H and O–H groups in total. The predicted octanol–water partition coefficient (Wildman–Crippen LogP) is 23.6. The molecule has 0 spiro atoms. The van der Waals surface area contributed by atoms with Gasteiger partial charge in [0.1, 0.15) is 0 Å². The minimum atomic E-state index is 0.988. The topological polar surface area (TPSA) is 6.48 Å². The van der Waals surface area contributed by atoms with E-state index in [1.807, 2.05) is 0 Å². The van der Waals surface area contributed by atoms with Crippen molar-refractivity contribution in [1.82, 2.24) is 0 Å². The zero-order valence-electron chi connectivity index (χ0n) is 48.2. The van der Waals surface area contributed by atoms with E-state index in [1.54, 1.807) is 0 Å². The second-order valence-electron chi connectivity index (χ2n) is 22.6. The van der Waals surface area contributed by atoms with Crippen LogP contribution in [0.1, 0.15) is 11.1 Å². The molecule has 2 heteroatoms. The van der Waals surface area contributed by atoms with E-state index >= 15 is 0 Å². The molecule has 16 aromatic rings. The van der Waals surface area contributed by atoms with E-state index in [2.05, 4.69) is 361 Å². The van der Waals surface area contributed by atoms with Crippen LogP contribution in [0.3, 0.4) is 0 Å². The molecule has 0 aromatic heterocycles. The number of benzene rings is 16. The van der Waals surface area contributed by atoms with Crippen LogP contribution in [0.5, 0.6) is 0 Å². The molecule has 16 aromatic carbocycles. The van der Waals surface area contributed by atoms with Gasteiger partial charge in [0.05, 0.1) is 11.4 Å². The number of fused-ring (bicyclic) bond motifs is 10. The summed E-state index contributed by atoms with van der Waals surface area (Å²) in [6.07, 6.45) is 0. The molecule has 0 unspecified atom stereocenters. The van der Waals surface area contributed by atoms with Gasteiger partial charge in [0.2, 0.25) is 0 Å². The summed E-state index contributed by atoms with van der Waals surface area (Å²) in [6, 6.07) is 123. The lowest BCUT2D eigenvalue weighted by atomic mass is 9.91. The van der Waals surface area contributed by atoms with E-state index in [1.165, 1.54) is 66.1 Å². The third kappa shape index (κ3) is 9.45. The molecule has 0 saturated heterocycles. The second-order valence-corrected chi connectivity index (χ2v) is 22.6. The highest BCUT2D eigenvalue weighted by Gasteiger charge is 2.22. The zero-order chi connectivity index (χ0) is 58.3. The molecule has 2 nitrogen and oxygen atoms in total. The summed E-state index contributed by atoms with van der Waals surface area (Å²) in [6.45, 7) is 0. The fraction of sp³-hybridized carbons (Fsp3) is 0. The Morgan fingerprint density at radius 2 is 0.364 bits per heavy atom. The van der Waals surface area contributed by atoms with Crippen LogP contribution in [0.2, 0.25) is 0 Å². The average Bonchev–Trinajstić information content (AvgIpc) is 1.02. The Morgan fingerprint density at radius 3 is 0.636 bits per heavy atom. The summed E-state index contributed by atoms with van der Waals surface area (Å²) in [5.41, 5.74) is 18.0. The van der Waals surface area contributed by atoms with E-state index in [4.69, 9.17) is 0 Å². The van der Waals surface area contributed by atoms with Crippen molar-refractivity contribution in [2.45, 2.75) is 0 Å². The summed E-state index contributed by atoms with van der Waals surface area (Å²) < 4.78 is 0. The summed E-state index contributed by atoms with van der Waals surface area (Å²) in [4.78, 5) is 4.85. The third-order valence-electron chi connectivity index (χ3n) is 17.5. The summed E-state index contributed by atoms with van der Waals surface area (Å²) in [7, 11) is 0. The first-order valence-corrected chi connectivity index (χ1v) is 30.1. The molecule has 16 rings (SSSR count). The van der Waals surface area contributed by atoms with E-state index in [9.17, 15) is 0 Å². The molecule has 410 valence electrons. The van der Waals surface area contributed by atoms with Crippen LogP contribution < -0.4 is 9.80 Å². The number of anilines is 6. The SMILES string of the molecule is C(#Cc1cc2c3ccccc3c(N(c3ccc(-c4ccccc4)cc3)c3ccc(-c4ccccc4)cc3)cc2c2ccccc12)c1cc2c3ccccc3c(N(c3ccc(-c4ccccc4)cc3)c3ccc(-c4ccccc4)cc3)cc2c2ccccc12. The fourth-order valence-corrected chi connectivity index (χ4v) is 13.2. The molecule has 88 heavy (non-hydrogen) atoms. The van der Waals surface area contributed by atoms with Gasteiger partial charge < -0.3 is 9.80 Å². The van der Waals surface area contributed by atoms with Gasteiger partial charge in [-0.1, -0.05) is 279 Å². The maximum atomic E-state index is 3.83. The van der Waals surface area contributed by atoms with Crippen molar-refractivity contribution < 1.29 is 0 Å². The Balaban J connectivity index is 0.845. The van der Waals surface area contributed by atoms with Gasteiger partial charge in [0.15, 0.2) is 0 Å². The van der Waals surface area contributed by atoms with Gasteiger partial charge in [-0.15, -0.1) is 0 Å². The quantitative estimate of drug-likeness (QED) is 0.0995. The van der Waals surface area contributed by atoms with Crippen molar-refractivity contribution in [3.63, 3.8) is 0 Å². The molecule has 0 amide bonds. The smallest absolute Gasteiger partial charge is 0.0546 e. The van der Waals surface area contributed by atoms with Gasteiger partial charge in [-0.25, -0.2) is 0 Å². The van der Waals surface area contributed by atoms with Crippen LogP contribution in [0.4, 0.5) is 34.1 Å². The highest BCUT2D eigenvalue weighted by atomic mass is 15.1. The van der Waals surface area contributed by atoms with Crippen LogP contribution in [-0.4, -0.2) is 0 Å². The van der Waals surface area contributed by atoms with Gasteiger partial charge in [0.25, 0.3) is 0 Å². The number of hydrogen-bond donors (Lipinski definition) is 0. The van der Waals surface area contributed by atoms with Crippen LogP contribution in [0.25, 0.3) is 109 Å². The lowest BCUT2D eigenvalue weighted by Crippen LogP contribution is -2.10. The van der Waals surface area contributed by atoms with E-state index in [0.717, 1.165) is 88.3 Å². The number of nitrogens with zero attached hydrogens (tertiary/aromatic N) is 2. The molecular weight excluding hydrogens is 1060 g/mol. The van der Waals surface area contributed by atoms with Crippen LogP contribution in [0, 0.1) is 11.8 Å². The molecule has 0 aliphatic heterocycles. The molecule has 0 aliphatic carbocycles. The Kier molecular flexibility index (Phi) is 13.2. The van der Waals surface area contributed by atoms with Gasteiger partial charge in [0, 0.05) is 44.6 Å². The fourth-order valence-electron chi connectivity index (χ4n) is 13.2. The molecule has 0 radical (unpaired) electrons. The number of hydrogen-bond acceptors (Lipinski definition) is 2. The summed E-state index contributed by atoms with van der Waals surface area (Å²) in [5, 5.41) is 13.9. The molecule has 0 heterocycles. The summed E-state index contributed by atoms with van der Waals surface area (Å²) in [5.74, 6) is 7.66. The van der Waals surface area contributed by atoms with Gasteiger partial charge >= 0.3 is 0 Å². The third-order valence-corrected chi connectivity index (χ3v) is 17.5. The molecule has 0 fully saturated rings. The Bertz CT molecular complexity index is 4820. The van der Waals surface area contributed by atoms with E-state index in [-0.39, 0.29) is 0 Å². The van der Waals surface area contributed by atoms with Crippen molar-refractivity contribution in [2.75, 3.05) is 9.80 Å². The normalized spacial score (nSPS) is 11.3. The first-order chi connectivity index (χ1) is 43.6. The molecule has 0 bridgehead atoms. The lowest BCUT2D eigenvalue weighted by molar-refractivity contribution is 1.30. The number of rotatable bonds is 10. The first kappa shape index (κ1) is 51.8. The maximum absolute atomic E-state index is 3.83. The predicted molar refractivity (Wildman–Crippen MR) is 375 cm³/mol. The first-order valence-electron chi connectivity index (χ1n) is 30.1. The minimum Gasteiger partial charge on any atom is -0.310 e. The Hall–Kier alpha value is -11.8. The Labute approximate surface area is 512 Å². The van der Waals surface area contributed by atoms with Crippen LogP contribution >= 0.6 is 0 Å². The standard InChI is InChI=1S/C86H56N2/c1-5-21-59(22-6-1)63-39-47-69(48-40-63)87(70-49-41-64(42-50-70)60-23-7-2-8-24-60)85-57-83-75-31-15-13-29-73(75)67(55-81(83)77-33-17-19-35-79(77)85)37-38-68-56-82-78-34-18-20-36-80(78)86(58-84(82)76-32-16-14-30-74(68)76)88(71-51-43-65(44-52-71)61-25-9-3-10-26-61)72-53-45-66(46-54-72)62-27-11-4-12-28-62/h1-36,39-58H.